The molecule has 0 aliphatic rings. The van der Waals surface area contributed by atoms with Crippen LogP contribution in [0.3, 0.4) is 0 Å². The summed E-state index contributed by atoms with van der Waals surface area (Å²) >= 11 is 6.08. The molecule has 1 heterocycles. The van der Waals surface area contributed by atoms with Crippen molar-refractivity contribution in [2.24, 2.45) is 0 Å². The Balaban J connectivity index is 2.13. The Morgan fingerprint density at radius 1 is 1.11 bits per heavy atom. The number of aromatic nitrogens is 1. The Bertz CT molecular complexity index is 777. The largest absolute Gasteiger partial charge is 0.399 e. The Morgan fingerprint density at radius 3 is 2.68 bits per heavy atom. The van der Waals surface area contributed by atoms with Crippen LogP contribution in [0.1, 0.15) is 15.9 Å². The molecule has 0 bridgehead atoms. The number of fused-ring (bicyclic) bond motifs is 1. The second-order valence-electron chi connectivity index (χ2n) is 4.32. The van der Waals surface area contributed by atoms with Gasteiger partial charge in [-0.15, -0.1) is 0 Å². The molecular formula is C15H11ClN2O. The number of nitrogen functional groups attached to an aromatic ring is 1. The fraction of sp³-hybridized carbons (Fsp3) is 0. The van der Waals surface area contributed by atoms with Gasteiger partial charge in [-0.05, 0) is 24.3 Å². The van der Waals surface area contributed by atoms with Gasteiger partial charge >= 0.3 is 0 Å². The molecule has 19 heavy (non-hydrogen) atoms. The number of ketones is 1. The first-order chi connectivity index (χ1) is 9.16. The third-order valence-electron chi connectivity index (χ3n) is 3.07. The van der Waals surface area contributed by atoms with Gasteiger partial charge in [-0.25, -0.2) is 0 Å². The van der Waals surface area contributed by atoms with Crippen molar-refractivity contribution >= 4 is 34.0 Å². The summed E-state index contributed by atoms with van der Waals surface area (Å²) in [5.74, 6) is -0.109. The number of halogens is 1. The SMILES string of the molecule is Nc1ccc(C(=O)c2c[nH]c3ccccc23)c(Cl)c1. The third kappa shape index (κ3) is 1.98. The van der Waals surface area contributed by atoms with E-state index >= 15 is 0 Å². The first kappa shape index (κ1) is 11.8. The quantitative estimate of drug-likeness (QED) is 0.552. The molecule has 0 saturated heterocycles. The van der Waals surface area contributed by atoms with Crippen LogP contribution in [0.4, 0.5) is 5.69 Å². The van der Waals surface area contributed by atoms with Gasteiger partial charge in [0.1, 0.15) is 0 Å². The monoisotopic (exact) mass is 270 g/mol. The molecular weight excluding hydrogens is 260 g/mol. The van der Waals surface area contributed by atoms with E-state index in [1.54, 1.807) is 24.4 Å². The molecule has 0 unspecified atom stereocenters. The van der Waals surface area contributed by atoms with Crippen LogP contribution in [0.25, 0.3) is 10.9 Å². The Kier molecular flexibility index (Phi) is 2.76. The summed E-state index contributed by atoms with van der Waals surface area (Å²) in [6.45, 7) is 0. The van der Waals surface area contributed by atoms with Crippen LogP contribution < -0.4 is 5.73 Å². The number of para-hydroxylation sites is 1. The summed E-state index contributed by atoms with van der Waals surface area (Å²) in [4.78, 5) is 15.6. The van der Waals surface area contributed by atoms with Crippen molar-refractivity contribution in [3.05, 3.63) is 64.8 Å². The number of hydrogen-bond donors (Lipinski definition) is 2. The zero-order valence-electron chi connectivity index (χ0n) is 9.98. The third-order valence-corrected chi connectivity index (χ3v) is 3.38. The zero-order valence-corrected chi connectivity index (χ0v) is 10.7. The van der Waals surface area contributed by atoms with Crippen LogP contribution in [0.2, 0.25) is 5.02 Å². The Morgan fingerprint density at radius 2 is 1.89 bits per heavy atom. The number of aromatic amines is 1. The van der Waals surface area contributed by atoms with E-state index in [0.717, 1.165) is 10.9 Å². The molecule has 0 fully saturated rings. The minimum Gasteiger partial charge on any atom is -0.399 e. The minimum atomic E-state index is -0.109. The summed E-state index contributed by atoms with van der Waals surface area (Å²) in [6.07, 6.45) is 1.71. The van der Waals surface area contributed by atoms with Crippen molar-refractivity contribution in [2.75, 3.05) is 5.73 Å². The van der Waals surface area contributed by atoms with E-state index in [-0.39, 0.29) is 5.78 Å². The number of rotatable bonds is 2. The van der Waals surface area contributed by atoms with E-state index in [0.29, 0.717) is 21.8 Å². The van der Waals surface area contributed by atoms with Gasteiger partial charge in [0.15, 0.2) is 5.78 Å². The minimum absolute atomic E-state index is 0.109. The molecule has 3 nitrogen and oxygen atoms in total. The van der Waals surface area contributed by atoms with Crippen molar-refractivity contribution in [2.45, 2.75) is 0 Å². The lowest BCUT2D eigenvalue weighted by Crippen LogP contribution is -2.02. The lowest BCUT2D eigenvalue weighted by Gasteiger charge is -2.03. The van der Waals surface area contributed by atoms with E-state index in [1.165, 1.54) is 0 Å². The van der Waals surface area contributed by atoms with Gasteiger partial charge in [-0.2, -0.15) is 0 Å². The molecule has 3 rings (SSSR count). The molecule has 3 aromatic rings. The van der Waals surface area contributed by atoms with Gasteiger partial charge in [-0.3, -0.25) is 4.79 Å². The van der Waals surface area contributed by atoms with E-state index in [2.05, 4.69) is 4.98 Å². The lowest BCUT2D eigenvalue weighted by atomic mass is 10.0. The number of carbonyl (C=O) groups is 1. The van der Waals surface area contributed by atoms with E-state index in [4.69, 9.17) is 17.3 Å². The molecule has 0 amide bonds. The topological polar surface area (TPSA) is 58.9 Å². The summed E-state index contributed by atoms with van der Waals surface area (Å²) in [7, 11) is 0. The molecule has 1 aromatic heterocycles. The maximum absolute atomic E-state index is 12.5. The molecule has 0 saturated carbocycles. The Hall–Kier alpha value is -2.26. The number of nitrogens with one attached hydrogen (secondary N) is 1. The molecule has 0 aliphatic heterocycles. The standard InChI is InChI=1S/C15H11ClN2O/c16-13-7-9(17)5-6-11(13)15(19)12-8-18-14-4-2-1-3-10(12)14/h1-8,18H,17H2. The predicted octanol–water partition coefficient (Wildman–Crippen LogP) is 3.63. The van der Waals surface area contributed by atoms with Crippen LogP contribution in [0, 0.1) is 0 Å². The molecule has 0 aliphatic carbocycles. The second kappa shape index (κ2) is 4.44. The van der Waals surface area contributed by atoms with Crippen LogP contribution in [0.5, 0.6) is 0 Å². The fourth-order valence-corrected chi connectivity index (χ4v) is 2.39. The van der Waals surface area contributed by atoms with Crippen molar-refractivity contribution < 1.29 is 4.79 Å². The normalized spacial score (nSPS) is 10.8. The summed E-state index contributed by atoms with van der Waals surface area (Å²) in [6, 6.07) is 12.6. The average Bonchev–Trinajstić information content (AvgIpc) is 2.82. The molecule has 94 valence electrons. The number of benzene rings is 2. The average molecular weight is 271 g/mol. The van der Waals surface area contributed by atoms with E-state index in [9.17, 15) is 4.79 Å². The van der Waals surface area contributed by atoms with Crippen molar-refractivity contribution in [1.29, 1.82) is 0 Å². The van der Waals surface area contributed by atoms with Gasteiger partial charge in [-0.1, -0.05) is 29.8 Å². The molecule has 0 radical (unpaired) electrons. The Labute approximate surface area is 115 Å². The maximum Gasteiger partial charge on any atom is 0.196 e. The fourth-order valence-electron chi connectivity index (χ4n) is 2.12. The van der Waals surface area contributed by atoms with Gasteiger partial charge in [0.25, 0.3) is 0 Å². The highest BCUT2D eigenvalue weighted by Crippen LogP contribution is 2.25. The number of hydrogen-bond acceptors (Lipinski definition) is 2. The van der Waals surface area contributed by atoms with Gasteiger partial charge < -0.3 is 10.7 Å². The van der Waals surface area contributed by atoms with Gasteiger partial charge in [0.05, 0.1) is 5.02 Å². The molecule has 4 heteroatoms. The smallest absolute Gasteiger partial charge is 0.196 e. The highest BCUT2D eigenvalue weighted by atomic mass is 35.5. The van der Waals surface area contributed by atoms with Crippen molar-refractivity contribution in [3.63, 3.8) is 0 Å². The van der Waals surface area contributed by atoms with E-state index < -0.39 is 0 Å². The second-order valence-corrected chi connectivity index (χ2v) is 4.72. The van der Waals surface area contributed by atoms with Gasteiger partial charge in [0.2, 0.25) is 0 Å². The zero-order chi connectivity index (χ0) is 13.4. The molecule has 0 spiro atoms. The van der Waals surface area contributed by atoms with Crippen LogP contribution >= 0.6 is 11.6 Å². The molecule has 0 atom stereocenters. The van der Waals surface area contributed by atoms with E-state index in [1.807, 2.05) is 24.3 Å². The first-order valence-electron chi connectivity index (χ1n) is 5.82. The lowest BCUT2D eigenvalue weighted by molar-refractivity contribution is 0.104. The summed E-state index contributed by atoms with van der Waals surface area (Å²) in [5.41, 5.74) is 8.18. The number of carbonyl (C=O) groups excluding carboxylic acids is 1. The molecule has 2 aromatic carbocycles. The predicted molar refractivity (Wildman–Crippen MR) is 77.6 cm³/mol. The summed E-state index contributed by atoms with van der Waals surface area (Å²) in [5, 5.41) is 1.26. The van der Waals surface area contributed by atoms with Crippen LogP contribution in [-0.4, -0.2) is 10.8 Å². The number of H-pyrrole nitrogens is 1. The number of nitrogens with two attached hydrogens (primary N) is 1. The highest BCUT2D eigenvalue weighted by molar-refractivity contribution is 6.35. The van der Waals surface area contributed by atoms with Crippen molar-refractivity contribution in [1.82, 2.24) is 4.98 Å². The van der Waals surface area contributed by atoms with Crippen molar-refractivity contribution in [3.8, 4) is 0 Å². The molecule has 3 N–H and O–H groups in total. The highest BCUT2D eigenvalue weighted by Gasteiger charge is 2.16. The maximum atomic E-state index is 12.5. The summed E-state index contributed by atoms with van der Waals surface area (Å²) < 4.78 is 0. The first-order valence-corrected chi connectivity index (χ1v) is 6.20. The van der Waals surface area contributed by atoms with Crippen LogP contribution in [0.15, 0.2) is 48.7 Å². The van der Waals surface area contributed by atoms with Crippen LogP contribution in [-0.2, 0) is 0 Å². The van der Waals surface area contributed by atoms with Gasteiger partial charge in [0, 0.05) is 33.9 Å². The number of anilines is 1.